The van der Waals surface area contributed by atoms with Crippen molar-refractivity contribution in [1.29, 1.82) is 0 Å². The molecule has 0 aliphatic heterocycles. The average molecular weight is 135 g/mol. The smallest absolute Gasteiger partial charge is 0.294 e. The fourth-order valence-electron chi connectivity index (χ4n) is 0.325. The third-order valence-corrected chi connectivity index (χ3v) is 0.712. The molecule has 2 heteroatoms. The quantitative estimate of drug-likeness (QED) is 0.515. The summed E-state index contributed by atoms with van der Waals surface area (Å²) in [5.74, 6) is 9.08. The highest BCUT2D eigenvalue weighted by atomic mass is 16.1. The van der Waals surface area contributed by atoms with E-state index in [0.717, 1.165) is 12.8 Å². The Bertz CT molecular complexity index is 221. The van der Waals surface area contributed by atoms with Crippen LogP contribution in [0.2, 0.25) is 0 Å². The summed E-state index contributed by atoms with van der Waals surface area (Å²) in [4.78, 5) is 10.0. The summed E-state index contributed by atoms with van der Waals surface area (Å²) in [5, 5.41) is 0. The number of hydrogen-bond donors (Lipinski definition) is 1. The van der Waals surface area contributed by atoms with Crippen molar-refractivity contribution < 1.29 is 4.79 Å². The summed E-state index contributed by atoms with van der Waals surface area (Å²) >= 11 is 0. The van der Waals surface area contributed by atoms with Crippen LogP contribution >= 0.6 is 0 Å². The van der Waals surface area contributed by atoms with E-state index in [1.165, 1.54) is 0 Å². The van der Waals surface area contributed by atoms with Gasteiger partial charge >= 0.3 is 0 Å². The minimum Gasteiger partial charge on any atom is -0.359 e. The highest BCUT2D eigenvalue weighted by Crippen LogP contribution is 1.79. The molecule has 0 rings (SSSR count). The topological polar surface area (TPSA) is 43.1 Å². The van der Waals surface area contributed by atoms with Gasteiger partial charge in [0, 0.05) is 12.3 Å². The maximum Gasteiger partial charge on any atom is 0.294 e. The van der Waals surface area contributed by atoms with Gasteiger partial charge in [-0.2, -0.15) is 0 Å². The van der Waals surface area contributed by atoms with Crippen LogP contribution in [-0.4, -0.2) is 5.91 Å². The van der Waals surface area contributed by atoms with Gasteiger partial charge in [-0.1, -0.05) is 12.8 Å². The van der Waals surface area contributed by atoms with E-state index < -0.39 is 5.91 Å². The van der Waals surface area contributed by atoms with Crippen molar-refractivity contribution in [2.24, 2.45) is 5.73 Å². The Morgan fingerprint density at radius 3 is 2.70 bits per heavy atom. The zero-order valence-electron chi connectivity index (χ0n) is 5.90. The first-order chi connectivity index (χ1) is 4.77. The van der Waals surface area contributed by atoms with Gasteiger partial charge in [-0.15, -0.1) is 0 Å². The third-order valence-electron chi connectivity index (χ3n) is 0.712. The summed E-state index contributed by atoms with van der Waals surface area (Å²) in [6.45, 7) is 2.02. The van der Waals surface area contributed by atoms with Gasteiger partial charge in [0.1, 0.15) is 0 Å². The van der Waals surface area contributed by atoms with Crippen LogP contribution in [0.4, 0.5) is 0 Å². The maximum absolute atomic E-state index is 10.0. The number of unbranched alkanes of at least 4 members (excludes halogenated alkanes) is 1. The van der Waals surface area contributed by atoms with Crippen LogP contribution < -0.4 is 5.73 Å². The molecule has 0 unspecified atom stereocenters. The highest BCUT2D eigenvalue weighted by Gasteiger charge is 1.74. The second-order valence-electron chi connectivity index (χ2n) is 1.67. The van der Waals surface area contributed by atoms with Gasteiger partial charge in [0.05, 0.1) is 0 Å². The minimum absolute atomic E-state index is 0.634. The lowest BCUT2D eigenvalue weighted by atomic mass is 10.3. The summed E-state index contributed by atoms with van der Waals surface area (Å²) in [6.07, 6.45) is 1.82. The maximum atomic E-state index is 10.0. The SMILES string of the molecule is CCCC#CC#CC(N)=O. The standard InChI is InChI=1S/C8H9NO/c1-2-3-4-5-6-7-8(9)10/h2-3H2,1H3,(H2,9,10). The Morgan fingerprint density at radius 1 is 1.50 bits per heavy atom. The van der Waals surface area contributed by atoms with E-state index in [9.17, 15) is 4.79 Å². The molecule has 2 nitrogen and oxygen atoms in total. The van der Waals surface area contributed by atoms with E-state index in [2.05, 4.69) is 23.7 Å². The molecule has 0 spiro atoms. The molecule has 0 radical (unpaired) electrons. The van der Waals surface area contributed by atoms with Crippen molar-refractivity contribution >= 4 is 5.91 Å². The van der Waals surface area contributed by atoms with Gasteiger partial charge in [-0.25, -0.2) is 0 Å². The first kappa shape index (κ1) is 8.59. The summed E-state index contributed by atoms with van der Waals surface area (Å²) in [5.41, 5.74) is 4.73. The zero-order valence-corrected chi connectivity index (χ0v) is 5.90. The van der Waals surface area contributed by atoms with Crippen LogP contribution in [0.5, 0.6) is 0 Å². The number of amides is 1. The Labute approximate surface area is 60.8 Å². The molecule has 10 heavy (non-hydrogen) atoms. The van der Waals surface area contributed by atoms with Crippen molar-refractivity contribution in [3.05, 3.63) is 0 Å². The Kier molecular flexibility index (Phi) is 4.91. The molecule has 0 aliphatic rings. The van der Waals surface area contributed by atoms with Gasteiger partial charge in [0.2, 0.25) is 0 Å². The number of carbonyl (C=O) groups is 1. The molecule has 0 heterocycles. The van der Waals surface area contributed by atoms with Gasteiger partial charge < -0.3 is 5.73 Å². The van der Waals surface area contributed by atoms with Crippen LogP contribution in [-0.2, 0) is 4.79 Å². The van der Waals surface area contributed by atoms with E-state index in [1.807, 2.05) is 6.92 Å². The largest absolute Gasteiger partial charge is 0.359 e. The zero-order chi connectivity index (χ0) is 7.82. The molecule has 0 aromatic rings. The number of rotatable bonds is 1. The van der Waals surface area contributed by atoms with Crippen LogP contribution in [0.3, 0.4) is 0 Å². The molecule has 1 amide bonds. The summed E-state index contributed by atoms with van der Waals surface area (Å²) < 4.78 is 0. The first-order valence-electron chi connectivity index (χ1n) is 3.05. The van der Waals surface area contributed by atoms with E-state index in [1.54, 1.807) is 0 Å². The molecule has 0 atom stereocenters. The van der Waals surface area contributed by atoms with E-state index in [-0.39, 0.29) is 0 Å². The number of carbonyl (C=O) groups excluding carboxylic acids is 1. The van der Waals surface area contributed by atoms with Crippen molar-refractivity contribution in [3.63, 3.8) is 0 Å². The molecule has 0 aromatic heterocycles. The lowest BCUT2D eigenvalue weighted by Gasteiger charge is -1.72. The molecular formula is C8H9NO. The van der Waals surface area contributed by atoms with E-state index in [0.29, 0.717) is 0 Å². The second kappa shape index (κ2) is 5.72. The van der Waals surface area contributed by atoms with Gasteiger partial charge in [-0.05, 0) is 18.3 Å². The van der Waals surface area contributed by atoms with Crippen LogP contribution in [0.1, 0.15) is 19.8 Å². The van der Waals surface area contributed by atoms with Gasteiger partial charge in [0.25, 0.3) is 5.91 Å². The van der Waals surface area contributed by atoms with Crippen LogP contribution in [0.15, 0.2) is 0 Å². The molecular weight excluding hydrogens is 126 g/mol. The van der Waals surface area contributed by atoms with E-state index >= 15 is 0 Å². The number of hydrogen-bond acceptors (Lipinski definition) is 1. The predicted octanol–water partition coefficient (Wildman–Crippen LogP) is 0.279. The fraction of sp³-hybridized carbons (Fsp3) is 0.375. The van der Waals surface area contributed by atoms with Crippen molar-refractivity contribution in [2.75, 3.05) is 0 Å². The molecule has 0 fully saturated rings. The number of nitrogens with two attached hydrogens (primary N) is 1. The average Bonchev–Trinajstić information content (AvgIpc) is 1.87. The summed E-state index contributed by atoms with van der Waals surface area (Å²) in [6, 6.07) is 0. The molecule has 2 N–H and O–H groups in total. The molecule has 0 bridgehead atoms. The number of primary amides is 1. The van der Waals surface area contributed by atoms with Gasteiger partial charge in [-0.3, -0.25) is 4.79 Å². The Balaban J connectivity index is 3.67. The lowest BCUT2D eigenvalue weighted by Crippen LogP contribution is -2.05. The normalized spacial score (nSPS) is 6.50. The predicted molar refractivity (Wildman–Crippen MR) is 39.7 cm³/mol. The van der Waals surface area contributed by atoms with Gasteiger partial charge in [0.15, 0.2) is 0 Å². The monoisotopic (exact) mass is 135 g/mol. The second-order valence-corrected chi connectivity index (χ2v) is 1.67. The highest BCUT2D eigenvalue weighted by molar-refractivity contribution is 5.92. The van der Waals surface area contributed by atoms with Crippen LogP contribution in [0.25, 0.3) is 0 Å². The molecule has 0 saturated carbocycles. The fourth-order valence-corrected chi connectivity index (χ4v) is 0.325. The summed E-state index contributed by atoms with van der Waals surface area (Å²) in [7, 11) is 0. The molecule has 52 valence electrons. The van der Waals surface area contributed by atoms with Crippen molar-refractivity contribution in [2.45, 2.75) is 19.8 Å². The molecule has 0 aromatic carbocycles. The Hall–Kier alpha value is -1.41. The van der Waals surface area contributed by atoms with Crippen molar-refractivity contribution in [3.8, 4) is 23.7 Å². The van der Waals surface area contributed by atoms with Crippen LogP contribution in [0, 0.1) is 23.7 Å². The molecule has 0 aliphatic carbocycles. The molecule has 0 saturated heterocycles. The van der Waals surface area contributed by atoms with Crippen molar-refractivity contribution in [1.82, 2.24) is 0 Å². The van der Waals surface area contributed by atoms with E-state index in [4.69, 9.17) is 5.73 Å². The first-order valence-corrected chi connectivity index (χ1v) is 3.05. The minimum atomic E-state index is -0.634. The Morgan fingerprint density at radius 2 is 2.20 bits per heavy atom. The lowest BCUT2D eigenvalue weighted by molar-refractivity contribution is -0.112. The third kappa shape index (κ3) is 6.59.